The van der Waals surface area contributed by atoms with E-state index in [9.17, 15) is 4.79 Å². The van der Waals surface area contributed by atoms with Crippen molar-refractivity contribution in [2.75, 3.05) is 5.32 Å². The van der Waals surface area contributed by atoms with Crippen LogP contribution in [0.2, 0.25) is 5.02 Å². The number of amides is 1. The first-order chi connectivity index (χ1) is 8.63. The molecule has 2 bridgehead atoms. The summed E-state index contributed by atoms with van der Waals surface area (Å²) in [5, 5.41) is 3.63. The summed E-state index contributed by atoms with van der Waals surface area (Å²) >= 11 is 6.11. The molecule has 2 nitrogen and oxygen atoms in total. The number of anilines is 1. The van der Waals surface area contributed by atoms with Gasteiger partial charge in [0.05, 0.1) is 10.7 Å². The minimum absolute atomic E-state index is 0.162. The molecule has 2 aliphatic rings. The van der Waals surface area contributed by atoms with Gasteiger partial charge >= 0.3 is 0 Å². The van der Waals surface area contributed by atoms with Crippen molar-refractivity contribution >= 4 is 23.2 Å². The average Bonchev–Trinajstić information content (AvgIpc) is 2.96. The topological polar surface area (TPSA) is 29.1 Å². The fourth-order valence-electron chi connectivity index (χ4n) is 3.53. The zero-order valence-electron chi connectivity index (χ0n) is 10.6. The number of carbonyl (C=O) groups excluding carboxylic acids is 1. The molecule has 2 aliphatic carbocycles. The van der Waals surface area contributed by atoms with Gasteiger partial charge in [-0.3, -0.25) is 4.79 Å². The largest absolute Gasteiger partial charge is 0.325 e. The fraction of sp³-hybridized carbons (Fsp3) is 0.533. The molecule has 0 radical (unpaired) electrons. The number of carbonyl (C=O) groups is 1. The number of benzene rings is 1. The van der Waals surface area contributed by atoms with Crippen LogP contribution in [0.3, 0.4) is 0 Å². The highest BCUT2D eigenvalue weighted by molar-refractivity contribution is 6.33. The van der Waals surface area contributed by atoms with Gasteiger partial charge in [0.1, 0.15) is 0 Å². The third-order valence-electron chi connectivity index (χ3n) is 4.45. The predicted octanol–water partition coefficient (Wildman–Crippen LogP) is 4.02. The Kier molecular flexibility index (Phi) is 3.06. The summed E-state index contributed by atoms with van der Waals surface area (Å²) in [6.45, 7) is 2.00. The lowest BCUT2D eigenvalue weighted by Crippen LogP contribution is -2.27. The van der Waals surface area contributed by atoms with Crippen LogP contribution in [0.25, 0.3) is 0 Å². The van der Waals surface area contributed by atoms with Crippen molar-refractivity contribution < 1.29 is 4.79 Å². The SMILES string of the molecule is Cc1ccc(Cl)c(NC(=O)C2CC3CCC2C3)c1. The summed E-state index contributed by atoms with van der Waals surface area (Å²) in [6.07, 6.45) is 4.86. The van der Waals surface area contributed by atoms with E-state index in [2.05, 4.69) is 5.32 Å². The quantitative estimate of drug-likeness (QED) is 0.858. The van der Waals surface area contributed by atoms with Crippen LogP contribution in [-0.4, -0.2) is 5.91 Å². The normalized spacial score (nSPS) is 29.6. The Hall–Kier alpha value is -1.02. The maximum atomic E-state index is 12.3. The molecular formula is C15H18ClNO. The molecule has 1 aromatic rings. The lowest BCUT2D eigenvalue weighted by molar-refractivity contribution is -0.121. The molecule has 0 aliphatic heterocycles. The number of hydrogen-bond donors (Lipinski definition) is 1. The predicted molar refractivity (Wildman–Crippen MR) is 73.8 cm³/mol. The van der Waals surface area contributed by atoms with E-state index in [1.165, 1.54) is 19.3 Å². The molecule has 18 heavy (non-hydrogen) atoms. The number of hydrogen-bond acceptors (Lipinski definition) is 1. The molecule has 2 fully saturated rings. The van der Waals surface area contributed by atoms with Crippen molar-refractivity contribution in [3.05, 3.63) is 28.8 Å². The zero-order valence-corrected chi connectivity index (χ0v) is 11.3. The first-order valence-electron chi connectivity index (χ1n) is 6.70. The Morgan fingerprint density at radius 2 is 2.17 bits per heavy atom. The van der Waals surface area contributed by atoms with E-state index >= 15 is 0 Å². The molecule has 0 aromatic heterocycles. The number of fused-ring (bicyclic) bond motifs is 2. The van der Waals surface area contributed by atoms with Crippen molar-refractivity contribution in [1.82, 2.24) is 0 Å². The molecule has 0 saturated heterocycles. The van der Waals surface area contributed by atoms with E-state index in [1.54, 1.807) is 0 Å². The van der Waals surface area contributed by atoms with Crippen LogP contribution in [0, 0.1) is 24.7 Å². The second-order valence-corrected chi connectivity index (χ2v) is 6.16. The van der Waals surface area contributed by atoms with Crippen LogP contribution in [-0.2, 0) is 4.79 Å². The standard InChI is InChI=1S/C15H18ClNO/c1-9-2-5-13(16)14(6-9)17-15(18)12-8-10-3-4-11(12)7-10/h2,5-6,10-12H,3-4,7-8H2,1H3,(H,17,18). The van der Waals surface area contributed by atoms with Gasteiger partial charge in [-0.2, -0.15) is 0 Å². The van der Waals surface area contributed by atoms with Crippen LogP contribution in [0.1, 0.15) is 31.2 Å². The van der Waals surface area contributed by atoms with E-state index < -0.39 is 0 Å². The lowest BCUT2D eigenvalue weighted by atomic mass is 9.88. The molecule has 3 rings (SSSR count). The molecule has 0 heterocycles. The highest BCUT2D eigenvalue weighted by Gasteiger charge is 2.43. The highest BCUT2D eigenvalue weighted by Crippen LogP contribution is 2.48. The molecule has 96 valence electrons. The summed E-state index contributed by atoms with van der Waals surface area (Å²) < 4.78 is 0. The van der Waals surface area contributed by atoms with Gasteiger partial charge in [-0.25, -0.2) is 0 Å². The highest BCUT2D eigenvalue weighted by atomic mass is 35.5. The van der Waals surface area contributed by atoms with Crippen LogP contribution in [0.4, 0.5) is 5.69 Å². The van der Waals surface area contributed by atoms with Gasteiger partial charge in [0, 0.05) is 5.92 Å². The molecule has 3 heteroatoms. The minimum Gasteiger partial charge on any atom is -0.325 e. The third kappa shape index (κ3) is 2.14. The fourth-order valence-corrected chi connectivity index (χ4v) is 3.69. The number of halogens is 1. The lowest BCUT2D eigenvalue weighted by Gasteiger charge is -2.21. The Morgan fingerprint density at radius 3 is 2.83 bits per heavy atom. The van der Waals surface area contributed by atoms with Crippen LogP contribution in [0.5, 0.6) is 0 Å². The summed E-state index contributed by atoms with van der Waals surface area (Å²) in [7, 11) is 0. The summed E-state index contributed by atoms with van der Waals surface area (Å²) in [5.74, 6) is 1.77. The summed E-state index contributed by atoms with van der Waals surface area (Å²) in [6, 6.07) is 5.73. The number of rotatable bonds is 2. The molecule has 1 amide bonds. The summed E-state index contributed by atoms with van der Waals surface area (Å²) in [5.41, 5.74) is 1.87. The minimum atomic E-state index is 0.162. The van der Waals surface area contributed by atoms with E-state index in [-0.39, 0.29) is 11.8 Å². The monoisotopic (exact) mass is 263 g/mol. The Bertz CT molecular complexity index is 485. The molecule has 3 atom stereocenters. The van der Waals surface area contributed by atoms with E-state index in [4.69, 9.17) is 11.6 Å². The van der Waals surface area contributed by atoms with Gasteiger partial charge in [-0.15, -0.1) is 0 Å². The molecule has 2 saturated carbocycles. The average molecular weight is 264 g/mol. The van der Waals surface area contributed by atoms with Gasteiger partial charge < -0.3 is 5.32 Å². The zero-order chi connectivity index (χ0) is 12.7. The van der Waals surface area contributed by atoms with Crippen LogP contribution < -0.4 is 5.32 Å². The molecule has 1 aromatic carbocycles. The van der Waals surface area contributed by atoms with Gasteiger partial charge in [-0.1, -0.05) is 24.1 Å². The van der Waals surface area contributed by atoms with Gasteiger partial charge in [0.25, 0.3) is 0 Å². The third-order valence-corrected chi connectivity index (χ3v) is 4.78. The molecule has 1 N–H and O–H groups in total. The van der Waals surface area contributed by atoms with Gasteiger partial charge in [0.15, 0.2) is 0 Å². The number of aryl methyl sites for hydroxylation is 1. The first kappa shape index (κ1) is 12.0. The smallest absolute Gasteiger partial charge is 0.227 e. The summed E-state index contributed by atoms with van der Waals surface area (Å²) in [4.78, 5) is 12.3. The van der Waals surface area contributed by atoms with E-state index in [1.807, 2.05) is 25.1 Å². The maximum Gasteiger partial charge on any atom is 0.227 e. The maximum absolute atomic E-state index is 12.3. The molecule has 0 spiro atoms. The van der Waals surface area contributed by atoms with Crippen molar-refractivity contribution in [3.63, 3.8) is 0 Å². The van der Waals surface area contributed by atoms with Gasteiger partial charge in [-0.05, 0) is 55.7 Å². The second kappa shape index (κ2) is 4.58. The van der Waals surface area contributed by atoms with E-state index in [0.717, 1.165) is 23.6 Å². The van der Waals surface area contributed by atoms with Crippen LogP contribution >= 0.6 is 11.6 Å². The van der Waals surface area contributed by atoms with Crippen LogP contribution in [0.15, 0.2) is 18.2 Å². The van der Waals surface area contributed by atoms with Crippen molar-refractivity contribution in [2.24, 2.45) is 17.8 Å². The first-order valence-corrected chi connectivity index (χ1v) is 7.08. The second-order valence-electron chi connectivity index (χ2n) is 5.75. The molecule has 3 unspecified atom stereocenters. The Balaban J connectivity index is 1.72. The van der Waals surface area contributed by atoms with Crippen molar-refractivity contribution in [3.8, 4) is 0 Å². The Labute approximate surface area is 113 Å². The number of nitrogens with one attached hydrogen (secondary N) is 1. The molecular weight excluding hydrogens is 246 g/mol. The Morgan fingerprint density at radius 1 is 1.33 bits per heavy atom. The van der Waals surface area contributed by atoms with E-state index in [0.29, 0.717) is 10.9 Å². The van der Waals surface area contributed by atoms with Crippen molar-refractivity contribution in [1.29, 1.82) is 0 Å². The van der Waals surface area contributed by atoms with Crippen molar-refractivity contribution in [2.45, 2.75) is 32.6 Å². The van der Waals surface area contributed by atoms with Gasteiger partial charge in [0.2, 0.25) is 5.91 Å².